The number of aliphatic hydroxyl groups is 1. The first-order valence-corrected chi connectivity index (χ1v) is 9.64. The Kier molecular flexibility index (Phi) is 8.96. The van der Waals surface area contributed by atoms with Crippen molar-refractivity contribution in [1.29, 1.82) is 0 Å². The third-order valence-electron chi connectivity index (χ3n) is 4.42. The fraction of sp³-hybridized carbons (Fsp3) is 0.750. The van der Waals surface area contributed by atoms with E-state index in [1.165, 1.54) is 11.8 Å². The molecule has 0 aromatic heterocycles. The number of unbranched alkanes of at least 4 members (excludes halogenated alkanes) is 3. The molecule has 1 saturated heterocycles. The fourth-order valence-electron chi connectivity index (χ4n) is 3.16. The van der Waals surface area contributed by atoms with Crippen LogP contribution in [0.3, 0.4) is 0 Å². The monoisotopic (exact) mass is 382 g/mol. The smallest absolute Gasteiger partial charge is 0.408 e. The number of hydrogen-bond acceptors (Lipinski definition) is 5. The molecular formula is C20H34N2O5. The molecule has 154 valence electrons. The van der Waals surface area contributed by atoms with Gasteiger partial charge in [0.05, 0.1) is 12.1 Å². The van der Waals surface area contributed by atoms with Gasteiger partial charge in [0.1, 0.15) is 11.6 Å². The highest BCUT2D eigenvalue weighted by Gasteiger charge is 2.40. The second-order valence-electron chi connectivity index (χ2n) is 8.13. The molecule has 2 N–H and O–H groups in total. The number of nitrogens with zero attached hydrogens (tertiary/aromatic N) is 1. The predicted octanol–water partition coefficient (Wildman–Crippen LogP) is 2.57. The van der Waals surface area contributed by atoms with Crippen molar-refractivity contribution < 1.29 is 24.2 Å². The largest absolute Gasteiger partial charge is 0.444 e. The molecule has 0 unspecified atom stereocenters. The lowest BCUT2D eigenvalue weighted by Gasteiger charge is -2.29. The molecular weight excluding hydrogens is 348 g/mol. The number of carbonyl (C=O) groups is 3. The van der Waals surface area contributed by atoms with Gasteiger partial charge in [-0.05, 0) is 47.0 Å². The summed E-state index contributed by atoms with van der Waals surface area (Å²) in [6, 6.07) is -1.42. The molecule has 0 aliphatic carbocycles. The number of hydrogen-bond donors (Lipinski definition) is 2. The van der Waals surface area contributed by atoms with Crippen molar-refractivity contribution in [2.24, 2.45) is 0 Å². The van der Waals surface area contributed by atoms with Gasteiger partial charge in [-0.1, -0.05) is 18.9 Å². The number of Topliss-reactive ketones (excluding diaryl/α,β-unsaturated/α-hetero) is 1. The third kappa shape index (κ3) is 8.12. The van der Waals surface area contributed by atoms with Crippen molar-refractivity contribution in [2.45, 2.75) is 90.0 Å². The second-order valence-corrected chi connectivity index (χ2v) is 8.13. The average molecular weight is 383 g/mol. The summed E-state index contributed by atoms with van der Waals surface area (Å²) in [5.74, 6) is -0.511. The molecule has 7 nitrogen and oxygen atoms in total. The Bertz CT molecular complexity index is 541. The second kappa shape index (κ2) is 10.4. The van der Waals surface area contributed by atoms with Crippen molar-refractivity contribution in [3.63, 3.8) is 0 Å². The highest BCUT2D eigenvalue weighted by molar-refractivity contribution is 5.91. The van der Waals surface area contributed by atoms with E-state index in [9.17, 15) is 19.5 Å². The van der Waals surface area contributed by atoms with Crippen LogP contribution in [0.5, 0.6) is 0 Å². The molecule has 1 aliphatic heterocycles. The standard InChI is InChI=1S/C20H34N2O5/c1-6-7-8-9-10-11-16(21-19(26)27-20(3,4)5)18(25)22-13-15(24)12-17(22)14(2)23/h6,15-17,24H,1,7-13H2,2-5H3,(H,21,26)/t15-,16+,17+/m1/s1. The van der Waals surface area contributed by atoms with Gasteiger partial charge in [-0.2, -0.15) is 0 Å². The first-order valence-electron chi connectivity index (χ1n) is 9.64. The van der Waals surface area contributed by atoms with Crippen LogP contribution < -0.4 is 5.32 Å². The van der Waals surface area contributed by atoms with Gasteiger partial charge in [-0.25, -0.2) is 4.79 Å². The SMILES string of the molecule is C=CCCCCC[C@H](NC(=O)OC(C)(C)C)C(=O)N1C[C@H](O)C[C@H]1C(C)=O. The Morgan fingerprint density at radius 3 is 2.52 bits per heavy atom. The molecule has 1 rings (SSSR count). The van der Waals surface area contributed by atoms with Gasteiger partial charge < -0.3 is 20.1 Å². The number of aliphatic hydroxyl groups excluding tert-OH is 1. The maximum atomic E-state index is 13.0. The minimum atomic E-state index is -0.782. The molecule has 0 radical (unpaired) electrons. The van der Waals surface area contributed by atoms with Gasteiger partial charge in [0.25, 0.3) is 0 Å². The summed E-state index contributed by atoms with van der Waals surface area (Å²) in [7, 11) is 0. The van der Waals surface area contributed by atoms with Crippen LogP contribution in [0.1, 0.15) is 66.2 Å². The number of β-amino-alcohol motifs (C(OH)–C–C–N with tert-alkyl or cyclic N) is 1. The van der Waals surface area contributed by atoms with Crippen LogP contribution in [0.25, 0.3) is 0 Å². The molecule has 0 aromatic carbocycles. The molecule has 1 aliphatic rings. The number of carbonyl (C=O) groups excluding carboxylic acids is 3. The number of nitrogens with one attached hydrogen (secondary N) is 1. The lowest BCUT2D eigenvalue weighted by atomic mass is 10.0. The first-order chi connectivity index (χ1) is 12.5. The normalized spacial score (nSPS) is 20.9. The number of rotatable bonds is 9. The zero-order chi connectivity index (χ0) is 20.6. The number of likely N-dealkylation sites (tertiary alicyclic amines) is 1. The third-order valence-corrected chi connectivity index (χ3v) is 4.42. The molecule has 0 aromatic rings. The number of alkyl carbamates (subject to hydrolysis) is 1. The van der Waals surface area contributed by atoms with Crippen molar-refractivity contribution >= 4 is 17.8 Å². The quantitative estimate of drug-likeness (QED) is 0.472. The molecule has 7 heteroatoms. The van der Waals surface area contributed by atoms with Crippen molar-refractivity contribution in [3.8, 4) is 0 Å². The molecule has 0 spiro atoms. The highest BCUT2D eigenvalue weighted by atomic mass is 16.6. The summed E-state index contributed by atoms with van der Waals surface area (Å²) in [6.45, 7) is 10.5. The molecule has 0 bridgehead atoms. The van der Waals surface area contributed by atoms with Gasteiger partial charge in [-0.15, -0.1) is 6.58 Å². The van der Waals surface area contributed by atoms with E-state index in [0.29, 0.717) is 6.42 Å². The molecule has 2 amide bonds. The summed E-state index contributed by atoms with van der Waals surface area (Å²) >= 11 is 0. The van der Waals surface area contributed by atoms with E-state index >= 15 is 0 Å². The van der Waals surface area contributed by atoms with E-state index in [1.54, 1.807) is 20.8 Å². The number of amides is 2. The number of ether oxygens (including phenoxy) is 1. The lowest BCUT2D eigenvalue weighted by Crippen LogP contribution is -2.52. The maximum Gasteiger partial charge on any atom is 0.408 e. The van der Waals surface area contributed by atoms with Gasteiger partial charge in [-0.3, -0.25) is 9.59 Å². The van der Waals surface area contributed by atoms with Crippen LogP contribution in [0.2, 0.25) is 0 Å². The summed E-state index contributed by atoms with van der Waals surface area (Å²) in [6.07, 6.45) is 4.68. The van der Waals surface area contributed by atoms with Crippen LogP contribution in [0, 0.1) is 0 Å². The van der Waals surface area contributed by atoms with Crippen molar-refractivity contribution in [3.05, 3.63) is 12.7 Å². The topological polar surface area (TPSA) is 95.9 Å². The predicted molar refractivity (Wildman–Crippen MR) is 103 cm³/mol. The molecule has 1 fully saturated rings. The van der Waals surface area contributed by atoms with E-state index in [-0.39, 0.29) is 24.7 Å². The molecule has 27 heavy (non-hydrogen) atoms. The van der Waals surface area contributed by atoms with E-state index < -0.39 is 29.9 Å². The first kappa shape index (κ1) is 23.1. The van der Waals surface area contributed by atoms with Crippen LogP contribution in [0.4, 0.5) is 4.79 Å². The zero-order valence-corrected chi connectivity index (χ0v) is 17.0. The minimum Gasteiger partial charge on any atom is -0.444 e. The minimum absolute atomic E-state index is 0.103. The van der Waals surface area contributed by atoms with Crippen molar-refractivity contribution in [2.75, 3.05) is 6.54 Å². The van der Waals surface area contributed by atoms with Crippen LogP contribution in [-0.2, 0) is 14.3 Å². The van der Waals surface area contributed by atoms with Crippen molar-refractivity contribution in [1.82, 2.24) is 10.2 Å². The molecule has 0 saturated carbocycles. The van der Waals surface area contributed by atoms with Crippen LogP contribution in [-0.4, -0.2) is 58.1 Å². The Morgan fingerprint density at radius 1 is 1.30 bits per heavy atom. The van der Waals surface area contributed by atoms with Crippen LogP contribution in [0.15, 0.2) is 12.7 Å². The van der Waals surface area contributed by atoms with E-state index in [1.807, 2.05) is 6.08 Å². The van der Waals surface area contributed by atoms with E-state index in [0.717, 1.165) is 25.7 Å². The lowest BCUT2D eigenvalue weighted by molar-refractivity contribution is -0.139. The van der Waals surface area contributed by atoms with E-state index in [4.69, 9.17) is 4.74 Å². The summed E-state index contributed by atoms with van der Waals surface area (Å²) in [5, 5.41) is 12.5. The Hall–Kier alpha value is -1.89. The Balaban J connectivity index is 2.81. The van der Waals surface area contributed by atoms with E-state index in [2.05, 4.69) is 11.9 Å². The molecule has 3 atom stereocenters. The zero-order valence-electron chi connectivity index (χ0n) is 17.0. The fourth-order valence-corrected chi connectivity index (χ4v) is 3.16. The van der Waals surface area contributed by atoms with Gasteiger partial charge >= 0.3 is 6.09 Å². The van der Waals surface area contributed by atoms with Gasteiger partial charge in [0, 0.05) is 13.0 Å². The van der Waals surface area contributed by atoms with Gasteiger partial charge in [0.2, 0.25) is 5.91 Å². The highest BCUT2D eigenvalue weighted by Crippen LogP contribution is 2.21. The average Bonchev–Trinajstić information content (AvgIpc) is 2.93. The molecule has 1 heterocycles. The van der Waals surface area contributed by atoms with Crippen LogP contribution >= 0.6 is 0 Å². The Morgan fingerprint density at radius 2 is 1.96 bits per heavy atom. The van der Waals surface area contributed by atoms with Gasteiger partial charge in [0.15, 0.2) is 5.78 Å². The summed E-state index contributed by atoms with van der Waals surface area (Å²) < 4.78 is 5.27. The Labute approximate surface area is 162 Å². The number of ketones is 1. The maximum absolute atomic E-state index is 13.0. The summed E-state index contributed by atoms with van der Waals surface area (Å²) in [5.41, 5.74) is -0.673. The summed E-state index contributed by atoms with van der Waals surface area (Å²) in [4.78, 5) is 38.4. The number of allylic oxidation sites excluding steroid dienone is 1.